The van der Waals surface area contributed by atoms with Crippen molar-refractivity contribution < 1.29 is 4.74 Å². The molecule has 0 spiro atoms. The van der Waals surface area contributed by atoms with Crippen molar-refractivity contribution in [2.45, 2.75) is 52.5 Å². The van der Waals surface area contributed by atoms with Crippen LogP contribution in [0.15, 0.2) is 18.3 Å². The minimum atomic E-state index is 0.650. The van der Waals surface area contributed by atoms with Crippen LogP contribution < -0.4 is 4.74 Å². The monoisotopic (exact) mass is 327 g/mol. The second-order valence-electron chi connectivity index (χ2n) is 6.39. The van der Waals surface area contributed by atoms with Gasteiger partial charge < -0.3 is 9.72 Å². The standard InChI is InChI=1S/C20H29N3O/c1-4-5-12-23(13-8-6-7-10-21)15-18-17-9-11-22-20(17)16(2)14-19(18)24-3/h9,11,14,22H,4-8,12-13,15H2,1-3H3. The molecular formula is C20H29N3O. The zero-order valence-electron chi connectivity index (χ0n) is 15.2. The molecule has 0 amide bonds. The summed E-state index contributed by atoms with van der Waals surface area (Å²) in [6.07, 6.45) is 7.09. The molecule has 130 valence electrons. The molecule has 0 aliphatic carbocycles. The van der Waals surface area contributed by atoms with Gasteiger partial charge in [-0.25, -0.2) is 0 Å². The Morgan fingerprint density at radius 3 is 2.75 bits per heavy atom. The van der Waals surface area contributed by atoms with Gasteiger partial charge in [-0.1, -0.05) is 13.3 Å². The number of nitriles is 1. The second kappa shape index (κ2) is 9.34. The summed E-state index contributed by atoms with van der Waals surface area (Å²) in [6, 6.07) is 6.51. The van der Waals surface area contributed by atoms with Crippen LogP contribution in [0.2, 0.25) is 0 Å². The van der Waals surface area contributed by atoms with E-state index in [1.807, 2.05) is 6.20 Å². The maximum absolute atomic E-state index is 8.71. The van der Waals surface area contributed by atoms with Crippen molar-refractivity contribution in [2.24, 2.45) is 0 Å². The van der Waals surface area contributed by atoms with Crippen LogP contribution >= 0.6 is 0 Å². The largest absolute Gasteiger partial charge is 0.496 e. The lowest BCUT2D eigenvalue weighted by Gasteiger charge is -2.24. The summed E-state index contributed by atoms with van der Waals surface area (Å²) in [7, 11) is 1.75. The fraction of sp³-hybridized carbons (Fsp3) is 0.550. The molecule has 24 heavy (non-hydrogen) atoms. The highest BCUT2D eigenvalue weighted by molar-refractivity contribution is 5.88. The van der Waals surface area contributed by atoms with Crippen molar-refractivity contribution in [2.75, 3.05) is 20.2 Å². The first-order chi connectivity index (χ1) is 11.7. The van der Waals surface area contributed by atoms with E-state index in [4.69, 9.17) is 10.00 Å². The van der Waals surface area contributed by atoms with E-state index < -0.39 is 0 Å². The lowest BCUT2D eigenvalue weighted by atomic mass is 10.0. The number of hydrogen-bond acceptors (Lipinski definition) is 3. The van der Waals surface area contributed by atoms with Crippen molar-refractivity contribution in [3.63, 3.8) is 0 Å². The molecule has 0 saturated heterocycles. The van der Waals surface area contributed by atoms with Crippen LogP contribution in [0.4, 0.5) is 0 Å². The first kappa shape index (κ1) is 18.4. The molecule has 0 unspecified atom stereocenters. The molecule has 0 bridgehead atoms. The molecule has 0 saturated carbocycles. The highest BCUT2D eigenvalue weighted by atomic mass is 16.5. The Hall–Kier alpha value is -1.99. The maximum Gasteiger partial charge on any atom is 0.124 e. The van der Waals surface area contributed by atoms with Crippen LogP contribution in [-0.2, 0) is 6.54 Å². The second-order valence-corrected chi connectivity index (χ2v) is 6.39. The van der Waals surface area contributed by atoms with Gasteiger partial charge in [-0.05, 0) is 57.0 Å². The Kier molecular flexibility index (Phi) is 7.14. The van der Waals surface area contributed by atoms with Crippen molar-refractivity contribution in [1.82, 2.24) is 9.88 Å². The lowest BCUT2D eigenvalue weighted by Crippen LogP contribution is -2.26. The molecule has 1 heterocycles. The fourth-order valence-electron chi connectivity index (χ4n) is 3.20. The molecule has 0 atom stereocenters. The zero-order valence-corrected chi connectivity index (χ0v) is 15.2. The molecule has 2 rings (SSSR count). The number of methoxy groups -OCH3 is 1. The van der Waals surface area contributed by atoms with Gasteiger partial charge in [0.15, 0.2) is 0 Å². The molecule has 1 aromatic carbocycles. The molecule has 0 aliphatic heterocycles. The Balaban J connectivity index is 2.20. The predicted octanol–water partition coefficient (Wildman–Crippen LogP) is 4.78. The zero-order chi connectivity index (χ0) is 17.4. The average Bonchev–Trinajstić information content (AvgIpc) is 3.08. The normalized spacial score (nSPS) is 11.1. The summed E-state index contributed by atoms with van der Waals surface area (Å²) < 4.78 is 5.67. The molecule has 4 heteroatoms. The van der Waals surface area contributed by atoms with E-state index in [2.05, 4.69) is 41.9 Å². The summed E-state index contributed by atoms with van der Waals surface area (Å²) in [4.78, 5) is 5.85. The number of rotatable bonds is 10. The minimum absolute atomic E-state index is 0.650. The molecule has 0 radical (unpaired) electrons. The number of aromatic nitrogens is 1. The Bertz CT molecular complexity index is 684. The number of hydrogen-bond donors (Lipinski definition) is 1. The SMILES string of the molecule is CCCCN(CCCCC#N)Cc1c(OC)cc(C)c2[nH]ccc12. The van der Waals surface area contributed by atoms with Gasteiger partial charge in [0.1, 0.15) is 5.75 Å². The summed E-state index contributed by atoms with van der Waals surface area (Å²) in [5.41, 5.74) is 3.67. The Morgan fingerprint density at radius 2 is 2.04 bits per heavy atom. The molecule has 1 N–H and O–H groups in total. The molecule has 0 fully saturated rings. The average molecular weight is 327 g/mol. The van der Waals surface area contributed by atoms with Gasteiger partial charge in [-0.2, -0.15) is 5.26 Å². The molecule has 1 aromatic heterocycles. The van der Waals surface area contributed by atoms with Crippen molar-refractivity contribution in [3.05, 3.63) is 29.5 Å². The fourth-order valence-corrected chi connectivity index (χ4v) is 3.20. The van der Waals surface area contributed by atoms with Gasteiger partial charge in [0, 0.05) is 35.6 Å². The highest BCUT2D eigenvalue weighted by Gasteiger charge is 2.15. The summed E-state index contributed by atoms with van der Waals surface area (Å²) in [6.45, 7) is 7.35. The number of fused-ring (bicyclic) bond motifs is 1. The van der Waals surface area contributed by atoms with E-state index in [-0.39, 0.29) is 0 Å². The Labute approximate surface area is 145 Å². The molecular weight excluding hydrogens is 298 g/mol. The van der Waals surface area contributed by atoms with E-state index in [0.29, 0.717) is 6.42 Å². The number of aromatic amines is 1. The third-order valence-corrected chi connectivity index (χ3v) is 4.55. The summed E-state index contributed by atoms with van der Waals surface area (Å²) >= 11 is 0. The third kappa shape index (κ3) is 4.52. The quantitative estimate of drug-likeness (QED) is 0.639. The number of nitrogens with zero attached hydrogens (tertiary/aromatic N) is 2. The van der Waals surface area contributed by atoms with E-state index in [9.17, 15) is 0 Å². The van der Waals surface area contributed by atoms with E-state index in [1.54, 1.807) is 7.11 Å². The van der Waals surface area contributed by atoms with Gasteiger partial charge in [-0.3, -0.25) is 4.90 Å². The van der Waals surface area contributed by atoms with E-state index in [0.717, 1.165) is 38.2 Å². The number of aryl methyl sites for hydroxylation is 1. The van der Waals surface area contributed by atoms with Crippen LogP contribution in [0.5, 0.6) is 5.75 Å². The van der Waals surface area contributed by atoms with Gasteiger partial charge >= 0.3 is 0 Å². The highest BCUT2D eigenvalue weighted by Crippen LogP contribution is 2.31. The number of nitrogens with one attached hydrogen (secondary N) is 1. The third-order valence-electron chi connectivity index (χ3n) is 4.55. The Morgan fingerprint density at radius 1 is 1.25 bits per heavy atom. The first-order valence-corrected chi connectivity index (χ1v) is 8.94. The van der Waals surface area contributed by atoms with Gasteiger partial charge in [0.2, 0.25) is 0 Å². The number of unbranched alkanes of at least 4 members (excludes halogenated alkanes) is 3. The summed E-state index contributed by atoms with van der Waals surface area (Å²) in [5, 5.41) is 9.97. The molecule has 2 aromatic rings. The molecule has 0 aliphatic rings. The topological polar surface area (TPSA) is 52.1 Å². The number of H-pyrrole nitrogens is 1. The van der Waals surface area contributed by atoms with E-state index >= 15 is 0 Å². The summed E-state index contributed by atoms with van der Waals surface area (Å²) in [5.74, 6) is 0.970. The van der Waals surface area contributed by atoms with Crippen LogP contribution in [0.1, 0.15) is 50.2 Å². The van der Waals surface area contributed by atoms with Crippen LogP contribution in [0.3, 0.4) is 0 Å². The van der Waals surface area contributed by atoms with Gasteiger partial charge in [0.05, 0.1) is 13.2 Å². The van der Waals surface area contributed by atoms with Crippen LogP contribution in [-0.4, -0.2) is 30.1 Å². The molecule has 4 nitrogen and oxygen atoms in total. The number of ether oxygens (including phenoxy) is 1. The van der Waals surface area contributed by atoms with Gasteiger partial charge in [-0.15, -0.1) is 0 Å². The van der Waals surface area contributed by atoms with Gasteiger partial charge in [0.25, 0.3) is 0 Å². The lowest BCUT2D eigenvalue weighted by molar-refractivity contribution is 0.253. The maximum atomic E-state index is 8.71. The van der Waals surface area contributed by atoms with Crippen molar-refractivity contribution in [1.29, 1.82) is 5.26 Å². The van der Waals surface area contributed by atoms with Crippen LogP contribution in [0.25, 0.3) is 10.9 Å². The van der Waals surface area contributed by atoms with Crippen molar-refractivity contribution >= 4 is 10.9 Å². The minimum Gasteiger partial charge on any atom is -0.496 e. The predicted molar refractivity (Wildman–Crippen MR) is 99.2 cm³/mol. The van der Waals surface area contributed by atoms with Crippen molar-refractivity contribution in [3.8, 4) is 11.8 Å². The van der Waals surface area contributed by atoms with E-state index in [1.165, 1.54) is 34.9 Å². The van der Waals surface area contributed by atoms with Crippen LogP contribution in [0, 0.1) is 18.3 Å². The first-order valence-electron chi connectivity index (χ1n) is 8.94. The number of benzene rings is 1. The smallest absolute Gasteiger partial charge is 0.124 e.